The van der Waals surface area contributed by atoms with Crippen LogP contribution in [0.5, 0.6) is 0 Å². The second-order valence-electron chi connectivity index (χ2n) is 3.40. The van der Waals surface area contributed by atoms with Crippen molar-refractivity contribution in [3.8, 4) is 0 Å². The number of hydrogen-bond acceptors (Lipinski definition) is 2. The minimum absolute atomic E-state index is 0.420. The molecule has 0 radical (unpaired) electrons. The molecule has 86 valence electrons. The number of fused-ring (bicyclic) bond motifs is 1. The van der Waals surface area contributed by atoms with Crippen LogP contribution in [0.25, 0.3) is 0 Å². The van der Waals surface area contributed by atoms with Crippen molar-refractivity contribution in [2.24, 2.45) is 5.92 Å². The summed E-state index contributed by atoms with van der Waals surface area (Å²) >= 11 is 0. The number of ether oxygens (including phenoxy) is 2. The second-order valence-corrected chi connectivity index (χ2v) is 3.40. The highest BCUT2D eigenvalue weighted by Crippen LogP contribution is 2.31. The van der Waals surface area contributed by atoms with Crippen LogP contribution in [0.1, 0.15) is 47.5 Å². The van der Waals surface area contributed by atoms with Gasteiger partial charge in [-0.05, 0) is 18.8 Å². The summed E-state index contributed by atoms with van der Waals surface area (Å²) in [6, 6.07) is 0. The first-order chi connectivity index (χ1) is 6.86. The van der Waals surface area contributed by atoms with Crippen molar-refractivity contribution in [2.75, 3.05) is 13.2 Å². The van der Waals surface area contributed by atoms with E-state index in [4.69, 9.17) is 9.47 Å². The number of rotatable bonds is 0. The van der Waals surface area contributed by atoms with Crippen LogP contribution in [0.15, 0.2) is 0 Å². The van der Waals surface area contributed by atoms with Crippen LogP contribution in [0, 0.1) is 5.92 Å². The Bertz CT molecular complexity index is 111. The molecule has 2 aliphatic rings. The van der Waals surface area contributed by atoms with E-state index in [1.807, 2.05) is 27.7 Å². The van der Waals surface area contributed by atoms with Crippen LogP contribution < -0.4 is 0 Å². The molecule has 0 aromatic carbocycles. The quantitative estimate of drug-likeness (QED) is 0.600. The van der Waals surface area contributed by atoms with Gasteiger partial charge in [0.25, 0.3) is 0 Å². The minimum atomic E-state index is 0.420. The van der Waals surface area contributed by atoms with Crippen LogP contribution in [0.4, 0.5) is 0 Å². The monoisotopic (exact) mass is 202 g/mol. The Morgan fingerprint density at radius 3 is 1.50 bits per heavy atom. The summed E-state index contributed by atoms with van der Waals surface area (Å²) in [5.41, 5.74) is 0. The zero-order valence-electron chi connectivity index (χ0n) is 10.4. The van der Waals surface area contributed by atoms with E-state index in [1.165, 1.54) is 12.8 Å². The molecule has 0 aromatic heterocycles. The van der Waals surface area contributed by atoms with Gasteiger partial charge in [-0.25, -0.2) is 0 Å². The summed E-state index contributed by atoms with van der Waals surface area (Å²) in [7, 11) is 0. The molecule has 14 heavy (non-hydrogen) atoms. The maximum Gasteiger partial charge on any atom is 0.0840 e. The Labute approximate surface area is 89.0 Å². The molecule has 2 fully saturated rings. The van der Waals surface area contributed by atoms with Gasteiger partial charge in [0.15, 0.2) is 0 Å². The predicted octanol–water partition coefficient (Wildman–Crippen LogP) is 3.25. The summed E-state index contributed by atoms with van der Waals surface area (Å²) in [4.78, 5) is 0. The van der Waals surface area contributed by atoms with E-state index in [2.05, 4.69) is 6.92 Å². The van der Waals surface area contributed by atoms with Crippen molar-refractivity contribution in [2.45, 2.75) is 59.7 Å². The largest absolute Gasteiger partial charge is 0.373 e. The smallest absolute Gasteiger partial charge is 0.0840 e. The summed E-state index contributed by atoms with van der Waals surface area (Å²) in [6.07, 6.45) is 3.24. The molecule has 2 heteroatoms. The van der Waals surface area contributed by atoms with Crippen molar-refractivity contribution >= 4 is 0 Å². The average molecular weight is 202 g/mol. The van der Waals surface area contributed by atoms with Gasteiger partial charge in [-0.1, -0.05) is 34.6 Å². The van der Waals surface area contributed by atoms with Gasteiger partial charge < -0.3 is 9.47 Å². The Morgan fingerprint density at radius 1 is 0.786 bits per heavy atom. The average Bonchev–Trinajstić information content (AvgIpc) is 2.64. The van der Waals surface area contributed by atoms with Gasteiger partial charge in [0, 0.05) is 0 Å². The van der Waals surface area contributed by atoms with Crippen LogP contribution in [-0.4, -0.2) is 25.4 Å². The molecule has 0 spiro atoms. The maximum atomic E-state index is 5.55. The minimum Gasteiger partial charge on any atom is -0.373 e. The number of hydrogen-bond donors (Lipinski definition) is 0. The Kier molecular flexibility index (Phi) is 8.20. The second kappa shape index (κ2) is 8.25. The zero-order chi connectivity index (χ0) is 11.0. The highest BCUT2D eigenvalue weighted by molar-refractivity contribution is 4.84. The van der Waals surface area contributed by atoms with E-state index in [-0.39, 0.29) is 0 Å². The van der Waals surface area contributed by atoms with Gasteiger partial charge in [-0.15, -0.1) is 0 Å². The predicted molar refractivity (Wildman–Crippen MR) is 60.6 cm³/mol. The highest BCUT2D eigenvalue weighted by Gasteiger charge is 2.35. The molecular weight excluding hydrogens is 176 g/mol. The molecule has 0 N–H and O–H groups in total. The Balaban J connectivity index is 0.000000379. The lowest BCUT2D eigenvalue weighted by molar-refractivity contribution is -0.124. The first-order valence-corrected chi connectivity index (χ1v) is 6.09. The van der Waals surface area contributed by atoms with Crippen LogP contribution in [0.3, 0.4) is 0 Å². The third-order valence-electron chi connectivity index (χ3n) is 2.43. The lowest BCUT2D eigenvalue weighted by Crippen LogP contribution is -2.33. The molecule has 2 rings (SSSR count). The third kappa shape index (κ3) is 3.97. The molecule has 0 amide bonds. The highest BCUT2D eigenvalue weighted by atomic mass is 16.6. The summed E-state index contributed by atoms with van der Waals surface area (Å²) < 4.78 is 11.1. The summed E-state index contributed by atoms with van der Waals surface area (Å²) in [5.74, 6) is 0.799. The van der Waals surface area contributed by atoms with Crippen molar-refractivity contribution < 1.29 is 9.47 Å². The summed E-state index contributed by atoms with van der Waals surface area (Å²) in [5, 5.41) is 0. The van der Waals surface area contributed by atoms with E-state index in [9.17, 15) is 0 Å². The lowest BCUT2D eigenvalue weighted by Gasteiger charge is -2.25. The molecule has 2 unspecified atom stereocenters. The third-order valence-corrected chi connectivity index (χ3v) is 2.43. The molecule has 1 saturated heterocycles. The van der Waals surface area contributed by atoms with Gasteiger partial charge in [-0.3, -0.25) is 0 Å². The van der Waals surface area contributed by atoms with Gasteiger partial charge in [0.2, 0.25) is 0 Å². The fourth-order valence-corrected chi connectivity index (χ4v) is 1.94. The van der Waals surface area contributed by atoms with E-state index in [0.717, 1.165) is 19.1 Å². The molecule has 2 nitrogen and oxygen atoms in total. The van der Waals surface area contributed by atoms with Crippen LogP contribution in [0.2, 0.25) is 0 Å². The van der Waals surface area contributed by atoms with Crippen LogP contribution >= 0.6 is 0 Å². The van der Waals surface area contributed by atoms with E-state index in [0.29, 0.717) is 12.2 Å². The summed E-state index contributed by atoms with van der Waals surface area (Å²) in [6.45, 7) is 11.9. The Hall–Kier alpha value is -0.0800. The first kappa shape index (κ1) is 13.9. The SMILES string of the molecule is CC.CC.CC1CC2OCCOC2C1. The van der Waals surface area contributed by atoms with Crippen molar-refractivity contribution in [1.82, 2.24) is 0 Å². The molecule has 1 aliphatic carbocycles. The van der Waals surface area contributed by atoms with Gasteiger partial charge in [-0.2, -0.15) is 0 Å². The fraction of sp³-hybridized carbons (Fsp3) is 1.00. The molecule has 0 aromatic rings. The molecule has 2 atom stereocenters. The first-order valence-electron chi connectivity index (χ1n) is 6.09. The van der Waals surface area contributed by atoms with E-state index >= 15 is 0 Å². The van der Waals surface area contributed by atoms with Crippen molar-refractivity contribution in [3.05, 3.63) is 0 Å². The molecule has 0 bridgehead atoms. The van der Waals surface area contributed by atoms with Gasteiger partial charge in [0.05, 0.1) is 25.4 Å². The molecule has 1 heterocycles. The molecule has 1 saturated carbocycles. The zero-order valence-corrected chi connectivity index (χ0v) is 10.4. The van der Waals surface area contributed by atoms with Gasteiger partial charge >= 0.3 is 0 Å². The standard InChI is InChI=1S/C8H14O2.2C2H6/c1-6-4-7-8(5-6)10-3-2-9-7;2*1-2/h6-8H,2-5H2,1H3;2*1-2H3. The maximum absolute atomic E-state index is 5.55. The van der Waals surface area contributed by atoms with Gasteiger partial charge in [0.1, 0.15) is 0 Å². The van der Waals surface area contributed by atoms with Crippen molar-refractivity contribution in [1.29, 1.82) is 0 Å². The normalized spacial score (nSPS) is 34.5. The molecule has 1 aliphatic heterocycles. The molecular formula is C12H26O2. The fourth-order valence-electron chi connectivity index (χ4n) is 1.94. The lowest BCUT2D eigenvalue weighted by atomic mass is 10.1. The Morgan fingerprint density at radius 2 is 1.14 bits per heavy atom. The van der Waals surface area contributed by atoms with Crippen LogP contribution in [-0.2, 0) is 9.47 Å². The van der Waals surface area contributed by atoms with E-state index < -0.39 is 0 Å². The van der Waals surface area contributed by atoms with E-state index in [1.54, 1.807) is 0 Å². The topological polar surface area (TPSA) is 18.5 Å². The van der Waals surface area contributed by atoms with Crippen molar-refractivity contribution in [3.63, 3.8) is 0 Å².